The fourth-order valence-corrected chi connectivity index (χ4v) is 8.93. The van der Waals surface area contributed by atoms with E-state index >= 15 is 4.57 Å². The predicted molar refractivity (Wildman–Crippen MR) is 168 cm³/mol. The first-order chi connectivity index (χ1) is 18.6. The fraction of sp³-hybridized carbons (Fsp3) is 0.629. The minimum atomic E-state index is -3.08. The zero-order chi connectivity index (χ0) is 27.3. The highest BCUT2D eigenvalue weighted by Crippen LogP contribution is 2.51. The average molecular weight is 539 g/mol. The Morgan fingerprint density at radius 2 is 0.921 bits per heavy atom. The molecular formula is C35H55O2P. The summed E-state index contributed by atoms with van der Waals surface area (Å²) in [4.78, 5) is 13.8. The van der Waals surface area contributed by atoms with Gasteiger partial charge in [0.1, 0.15) is 5.78 Å². The van der Waals surface area contributed by atoms with Crippen LogP contribution >= 0.6 is 7.14 Å². The lowest BCUT2D eigenvalue weighted by molar-refractivity contribution is -0.119. The summed E-state index contributed by atoms with van der Waals surface area (Å²) in [6.07, 6.45) is 22.3. The smallest absolute Gasteiger partial charge is 0.153 e. The number of benzene rings is 2. The molecule has 1 atom stereocenters. The minimum Gasteiger partial charge on any atom is -0.313 e. The van der Waals surface area contributed by atoms with Crippen LogP contribution in [0.25, 0.3) is 0 Å². The van der Waals surface area contributed by atoms with Gasteiger partial charge in [-0.2, -0.15) is 0 Å². The van der Waals surface area contributed by atoms with E-state index in [1.54, 1.807) is 0 Å². The SMILES string of the molecule is CCCCCCCCCCCCCC(=O)C(CCCCCCCC)P(=O)(c1ccccc1)c1ccccc1. The number of Topliss-reactive ketones (excluding diaryl/α,β-unsaturated/α-hetero) is 1. The molecule has 0 N–H and O–H groups in total. The first-order valence-electron chi connectivity index (χ1n) is 15.9. The predicted octanol–water partition coefficient (Wildman–Crippen LogP) is 10.4. The van der Waals surface area contributed by atoms with Crippen LogP contribution < -0.4 is 10.6 Å². The van der Waals surface area contributed by atoms with E-state index in [1.165, 1.54) is 83.5 Å². The van der Waals surface area contributed by atoms with Gasteiger partial charge in [-0.1, -0.05) is 177 Å². The van der Waals surface area contributed by atoms with Gasteiger partial charge in [0.25, 0.3) is 0 Å². The molecule has 2 aromatic carbocycles. The number of hydrogen-bond acceptors (Lipinski definition) is 2. The van der Waals surface area contributed by atoms with Crippen molar-refractivity contribution in [3.63, 3.8) is 0 Å². The summed E-state index contributed by atoms with van der Waals surface area (Å²) in [6.45, 7) is 4.50. The van der Waals surface area contributed by atoms with Crippen LogP contribution in [0.5, 0.6) is 0 Å². The molecule has 0 aromatic heterocycles. The zero-order valence-electron chi connectivity index (χ0n) is 24.5. The van der Waals surface area contributed by atoms with E-state index in [-0.39, 0.29) is 5.78 Å². The van der Waals surface area contributed by atoms with Crippen LogP contribution in [0.4, 0.5) is 0 Å². The summed E-state index contributed by atoms with van der Waals surface area (Å²) in [7, 11) is -3.08. The number of ketones is 1. The summed E-state index contributed by atoms with van der Waals surface area (Å²) >= 11 is 0. The lowest BCUT2D eigenvalue weighted by atomic mass is 10.0. The maximum atomic E-state index is 15.0. The highest BCUT2D eigenvalue weighted by atomic mass is 31.2. The molecule has 0 radical (unpaired) electrons. The summed E-state index contributed by atoms with van der Waals surface area (Å²) in [6, 6.07) is 19.7. The minimum absolute atomic E-state index is 0.213. The third kappa shape index (κ3) is 11.6. The number of unbranched alkanes of at least 4 members (excludes halogenated alkanes) is 15. The first kappa shape index (κ1) is 32.6. The molecule has 38 heavy (non-hydrogen) atoms. The topological polar surface area (TPSA) is 34.1 Å². The highest BCUT2D eigenvalue weighted by molar-refractivity contribution is 7.80. The molecule has 0 spiro atoms. The largest absolute Gasteiger partial charge is 0.313 e. The van der Waals surface area contributed by atoms with E-state index in [4.69, 9.17) is 0 Å². The van der Waals surface area contributed by atoms with Gasteiger partial charge in [-0.3, -0.25) is 4.79 Å². The molecule has 0 aliphatic rings. The van der Waals surface area contributed by atoms with Crippen LogP contribution in [0.1, 0.15) is 136 Å². The molecule has 3 heteroatoms. The van der Waals surface area contributed by atoms with E-state index < -0.39 is 12.8 Å². The molecule has 212 valence electrons. The third-order valence-electron chi connectivity index (χ3n) is 7.95. The molecule has 0 aliphatic carbocycles. The quantitative estimate of drug-likeness (QED) is 0.104. The van der Waals surface area contributed by atoms with Crippen molar-refractivity contribution >= 4 is 23.5 Å². The van der Waals surface area contributed by atoms with Crippen molar-refractivity contribution in [3.05, 3.63) is 60.7 Å². The monoisotopic (exact) mass is 538 g/mol. The lowest BCUT2D eigenvalue weighted by Gasteiger charge is -2.28. The Morgan fingerprint density at radius 3 is 1.34 bits per heavy atom. The number of hydrogen-bond donors (Lipinski definition) is 0. The van der Waals surface area contributed by atoms with Crippen molar-refractivity contribution in [3.8, 4) is 0 Å². The molecule has 2 nitrogen and oxygen atoms in total. The van der Waals surface area contributed by atoms with Crippen molar-refractivity contribution in [1.82, 2.24) is 0 Å². The Kier molecular flexibility index (Phi) is 17.4. The fourth-order valence-electron chi connectivity index (χ4n) is 5.60. The number of rotatable bonds is 23. The molecule has 0 bridgehead atoms. The molecule has 2 aromatic rings. The third-order valence-corrected chi connectivity index (χ3v) is 11.5. The Labute approximate surface area is 234 Å². The van der Waals surface area contributed by atoms with Crippen LogP contribution in [0.2, 0.25) is 0 Å². The summed E-state index contributed by atoms with van der Waals surface area (Å²) in [5.41, 5.74) is -0.415. The maximum Gasteiger partial charge on any atom is 0.153 e. The second-order valence-corrected chi connectivity index (χ2v) is 14.1. The van der Waals surface area contributed by atoms with Crippen LogP contribution in [0.15, 0.2) is 60.7 Å². The van der Waals surface area contributed by atoms with Crippen molar-refractivity contribution in [1.29, 1.82) is 0 Å². The van der Waals surface area contributed by atoms with E-state index in [0.29, 0.717) is 6.42 Å². The van der Waals surface area contributed by atoms with Gasteiger partial charge in [-0.15, -0.1) is 0 Å². The van der Waals surface area contributed by atoms with E-state index in [1.807, 2.05) is 60.7 Å². The Balaban J connectivity index is 1.99. The maximum absolute atomic E-state index is 15.0. The Morgan fingerprint density at radius 1 is 0.553 bits per heavy atom. The molecule has 0 amide bonds. The first-order valence-corrected chi connectivity index (χ1v) is 17.7. The standard InChI is InChI=1S/C35H55O2P/c1-3-5-7-9-11-12-13-14-15-16-24-30-34(36)35(31-25-17-10-8-6-4-2)38(37,32-26-20-18-21-27-32)33-28-22-19-23-29-33/h18-23,26-29,35H,3-17,24-25,30-31H2,1-2H3. The summed E-state index contributed by atoms with van der Waals surface area (Å²) in [5, 5.41) is 1.66. The zero-order valence-corrected chi connectivity index (χ0v) is 25.4. The van der Waals surface area contributed by atoms with Crippen LogP contribution in [0.3, 0.4) is 0 Å². The van der Waals surface area contributed by atoms with Gasteiger partial charge in [0.2, 0.25) is 0 Å². The number of carbonyl (C=O) groups excluding carboxylic acids is 1. The van der Waals surface area contributed by atoms with Crippen LogP contribution in [0, 0.1) is 0 Å². The molecule has 0 heterocycles. The second kappa shape index (κ2) is 20.3. The van der Waals surface area contributed by atoms with Crippen molar-refractivity contribution in [2.45, 2.75) is 142 Å². The molecule has 0 fully saturated rings. The van der Waals surface area contributed by atoms with Gasteiger partial charge in [-0.05, 0) is 12.8 Å². The molecule has 0 aliphatic heterocycles. The normalized spacial score (nSPS) is 12.5. The van der Waals surface area contributed by atoms with Crippen molar-refractivity contribution in [2.75, 3.05) is 0 Å². The van der Waals surface area contributed by atoms with Gasteiger partial charge in [-0.25, -0.2) is 0 Å². The van der Waals surface area contributed by atoms with Crippen LogP contribution in [-0.4, -0.2) is 11.4 Å². The number of carbonyl (C=O) groups is 1. The molecule has 0 saturated heterocycles. The molecule has 0 saturated carbocycles. The van der Waals surface area contributed by atoms with Crippen molar-refractivity contribution < 1.29 is 9.36 Å². The van der Waals surface area contributed by atoms with Crippen molar-refractivity contribution in [2.24, 2.45) is 0 Å². The molecule has 2 rings (SSSR count). The average Bonchev–Trinajstić information content (AvgIpc) is 2.96. The molecular weight excluding hydrogens is 483 g/mol. The van der Waals surface area contributed by atoms with E-state index in [9.17, 15) is 4.79 Å². The van der Waals surface area contributed by atoms with Gasteiger partial charge >= 0.3 is 0 Å². The lowest BCUT2D eigenvalue weighted by Crippen LogP contribution is -2.32. The highest BCUT2D eigenvalue weighted by Gasteiger charge is 2.40. The van der Waals surface area contributed by atoms with Crippen LogP contribution in [-0.2, 0) is 9.36 Å². The summed E-state index contributed by atoms with van der Waals surface area (Å²) < 4.78 is 15.0. The Bertz CT molecular complexity index is 849. The van der Waals surface area contributed by atoms with E-state index in [2.05, 4.69) is 13.8 Å². The second-order valence-electron chi connectivity index (χ2n) is 11.2. The Hall–Kier alpha value is -1.66. The van der Waals surface area contributed by atoms with Gasteiger partial charge in [0.15, 0.2) is 7.14 Å². The molecule has 1 unspecified atom stereocenters. The van der Waals surface area contributed by atoms with Gasteiger partial charge in [0, 0.05) is 17.0 Å². The van der Waals surface area contributed by atoms with E-state index in [0.717, 1.165) is 42.7 Å². The van der Waals surface area contributed by atoms with Gasteiger partial charge in [0.05, 0.1) is 5.66 Å². The summed E-state index contributed by atoms with van der Waals surface area (Å²) in [5.74, 6) is 0.213. The van der Waals surface area contributed by atoms with Gasteiger partial charge < -0.3 is 4.57 Å².